The van der Waals surface area contributed by atoms with Crippen LogP contribution in [0.25, 0.3) is 0 Å². The van der Waals surface area contributed by atoms with Crippen molar-refractivity contribution in [3.8, 4) is 0 Å². The maximum absolute atomic E-state index is 5.72. The zero-order chi connectivity index (χ0) is 17.5. The fourth-order valence-electron chi connectivity index (χ4n) is 3.32. The van der Waals surface area contributed by atoms with Crippen LogP contribution < -0.4 is 10.6 Å². The van der Waals surface area contributed by atoms with Crippen molar-refractivity contribution in [2.45, 2.75) is 45.3 Å². The molecule has 0 spiro atoms. The van der Waals surface area contributed by atoms with Gasteiger partial charge in [0.1, 0.15) is 0 Å². The molecule has 2 aliphatic rings. The molecule has 140 valence electrons. The summed E-state index contributed by atoms with van der Waals surface area (Å²) in [5, 5.41) is 9.05. The van der Waals surface area contributed by atoms with Gasteiger partial charge in [0.05, 0.1) is 25.3 Å². The second-order valence-corrected chi connectivity index (χ2v) is 8.07. The minimum Gasteiger partial charge on any atom is -0.376 e. The molecule has 0 bridgehead atoms. The number of hydrogen-bond donors (Lipinski definition) is 2. The van der Waals surface area contributed by atoms with E-state index in [0.29, 0.717) is 12.1 Å². The van der Waals surface area contributed by atoms with E-state index in [-0.39, 0.29) is 0 Å². The molecule has 2 heterocycles. The smallest absolute Gasteiger partial charge is 0.191 e. The summed E-state index contributed by atoms with van der Waals surface area (Å²) in [5.41, 5.74) is 0. The minimum atomic E-state index is 0.296. The SMILES string of the molecule is CCNC(=NCC(c1cccs1)N1CCOC(C)C1)NCCC1CC1. The second kappa shape index (κ2) is 9.55. The van der Waals surface area contributed by atoms with Crippen LogP contribution in [0.5, 0.6) is 0 Å². The lowest BCUT2D eigenvalue weighted by molar-refractivity contribution is -0.0327. The first kappa shape index (κ1) is 18.7. The van der Waals surface area contributed by atoms with Crippen molar-refractivity contribution in [3.63, 3.8) is 0 Å². The predicted octanol–water partition coefficient (Wildman–Crippen LogP) is 2.87. The van der Waals surface area contributed by atoms with Crippen molar-refractivity contribution in [1.29, 1.82) is 0 Å². The van der Waals surface area contributed by atoms with E-state index in [4.69, 9.17) is 9.73 Å². The van der Waals surface area contributed by atoms with E-state index < -0.39 is 0 Å². The average molecular weight is 365 g/mol. The summed E-state index contributed by atoms with van der Waals surface area (Å²) in [7, 11) is 0. The van der Waals surface area contributed by atoms with Crippen LogP contribution in [0.4, 0.5) is 0 Å². The first-order valence-corrected chi connectivity index (χ1v) is 10.6. The van der Waals surface area contributed by atoms with Gasteiger partial charge in [-0.1, -0.05) is 18.9 Å². The summed E-state index contributed by atoms with van der Waals surface area (Å²) in [5.74, 6) is 1.90. The fraction of sp³-hybridized carbons (Fsp3) is 0.737. The summed E-state index contributed by atoms with van der Waals surface area (Å²) in [6, 6.07) is 4.71. The Bertz CT molecular complexity index is 530. The fourth-order valence-corrected chi connectivity index (χ4v) is 4.17. The number of nitrogens with zero attached hydrogens (tertiary/aromatic N) is 2. The molecule has 2 fully saturated rings. The number of ether oxygens (including phenoxy) is 1. The third kappa shape index (κ3) is 5.97. The lowest BCUT2D eigenvalue weighted by Crippen LogP contribution is -2.44. The van der Waals surface area contributed by atoms with Crippen LogP contribution in [0, 0.1) is 5.92 Å². The molecule has 0 aromatic carbocycles. The highest BCUT2D eigenvalue weighted by Gasteiger charge is 2.26. The van der Waals surface area contributed by atoms with Crippen LogP contribution >= 0.6 is 11.3 Å². The number of morpholine rings is 1. The van der Waals surface area contributed by atoms with Gasteiger partial charge in [0.2, 0.25) is 0 Å². The van der Waals surface area contributed by atoms with E-state index in [1.165, 1.54) is 24.1 Å². The van der Waals surface area contributed by atoms with Crippen molar-refractivity contribution in [2.24, 2.45) is 10.9 Å². The van der Waals surface area contributed by atoms with E-state index in [1.54, 1.807) is 0 Å². The summed E-state index contributed by atoms with van der Waals surface area (Å²) in [6.07, 6.45) is 4.38. The molecule has 0 radical (unpaired) electrons. The van der Waals surface area contributed by atoms with Crippen LogP contribution in [-0.2, 0) is 4.74 Å². The minimum absolute atomic E-state index is 0.296. The van der Waals surface area contributed by atoms with Gasteiger partial charge in [0.15, 0.2) is 5.96 Å². The van der Waals surface area contributed by atoms with Gasteiger partial charge in [-0.3, -0.25) is 9.89 Å². The molecule has 2 N–H and O–H groups in total. The number of nitrogens with one attached hydrogen (secondary N) is 2. The Hall–Kier alpha value is -1.11. The normalized spacial score (nSPS) is 23.4. The van der Waals surface area contributed by atoms with E-state index in [2.05, 4.69) is 46.9 Å². The molecule has 0 amide bonds. The molecule has 2 atom stereocenters. The summed E-state index contributed by atoms with van der Waals surface area (Å²) >= 11 is 1.83. The standard InChI is InChI=1S/C19H32N4OS/c1-3-20-19(21-9-8-16-6-7-16)22-13-17(18-5-4-12-25-18)23-10-11-24-15(2)14-23/h4-5,12,15-17H,3,6-11,13-14H2,1-2H3,(H2,20,21,22). The molecule has 1 aromatic heterocycles. The van der Waals surface area contributed by atoms with E-state index in [0.717, 1.165) is 51.2 Å². The lowest BCUT2D eigenvalue weighted by Gasteiger charge is -2.36. The molecule has 1 aromatic rings. The van der Waals surface area contributed by atoms with Crippen LogP contribution in [0.3, 0.4) is 0 Å². The molecule has 6 heteroatoms. The third-order valence-corrected chi connectivity index (χ3v) is 5.87. The molecule has 5 nitrogen and oxygen atoms in total. The molecule has 3 rings (SSSR count). The van der Waals surface area contributed by atoms with Crippen molar-refractivity contribution in [2.75, 3.05) is 39.3 Å². The molecule has 1 aliphatic carbocycles. The van der Waals surface area contributed by atoms with Gasteiger partial charge in [-0.05, 0) is 37.6 Å². The molecule has 1 aliphatic heterocycles. The Kier molecular flexibility index (Phi) is 7.13. The van der Waals surface area contributed by atoms with Gasteiger partial charge < -0.3 is 15.4 Å². The quantitative estimate of drug-likeness (QED) is 0.550. The van der Waals surface area contributed by atoms with Gasteiger partial charge in [-0.2, -0.15) is 0 Å². The topological polar surface area (TPSA) is 48.9 Å². The third-order valence-electron chi connectivity index (χ3n) is 4.89. The first-order chi connectivity index (χ1) is 12.3. The Morgan fingerprint density at radius 3 is 3.00 bits per heavy atom. The maximum Gasteiger partial charge on any atom is 0.191 e. The number of rotatable bonds is 8. The Morgan fingerprint density at radius 1 is 1.44 bits per heavy atom. The van der Waals surface area contributed by atoms with Crippen LogP contribution in [0.15, 0.2) is 22.5 Å². The van der Waals surface area contributed by atoms with Crippen LogP contribution in [0.1, 0.15) is 44.0 Å². The van der Waals surface area contributed by atoms with Crippen molar-refractivity contribution < 1.29 is 4.74 Å². The number of guanidine groups is 1. The second-order valence-electron chi connectivity index (χ2n) is 7.09. The van der Waals surface area contributed by atoms with Crippen molar-refractivity contribution >= 4 is 17.3 Å². The Balaban J connectivity index is 1.62. The lowest BCUT2D eigenvalue weighted by atomic mass is 10.1. The molecular formula is C19H32N4OS. The monoisotopic (exact) mass is 364 g/mol. The maximum atomic E-state index is 5.72. The summed E-state index contributed by atoms with van der Waals surface area (Å²) in [4.78, 5) is 8.83. The summed E-state index contributed by atoms with van der Waals surface area (Å²) in [6.45, 7) is 9.75. The summed E-state index contributed by atoms with van der Waals surface area (Å²) < 4.78 is 5.72. The van der Waals surface area contributed by atoms with Crippen molar-refractivity contribution in [1.82, 2.24) is 15.5 Å². The Labute approximate surface area is 155 Å². The zero-order valence-corrected chi connectivity index (χ0v) is 16.4. The van der Waals surface area contributed by atoms with Crippen LogP contribution in [-0.4, -0.2) is 56.3 Å². The number of thiophene rings is 1. The van der Waals surface area contributed by atoms with Crippen LogP contribution in [0.2, 0.25) is 0 Å². The van der Waals surface area contributed by atoms with Crippen molar-refractivity contribution in [3.05, 3.63) is 22.4 Å². The highest BCUT2D eigenvalue weighted by molar-refractivity contribution is 7.10. The van der Waals surface area contributed by atoms with E-state index >= 15 is 0 Å². The van der Waals surface area contributed by atoms with Gasteiger partial charge in [0, 0.05) is 31.1 Å². The van der Waals surface area contributed by atoms with Gasteiger partial charge in [-0.25, -0.2) is 0 Å². The number of hydrogen-bond acceptors (Lipinski definition) is 4. The zero-order valence-electron chi connectivity index (χ0n) is 15.5. The molecule has 1 saturated heterocycles. The average Bonchev–Trinajstić information content (AvgIpc) is 3.27. The largest absolute Gasteiger partial charge is 0.376 e. The number of aliphatic imine (C=N–C) groups is 1. The Morgan fingerprint density at radius 2 is 2.32 bits per heavy atom. The molecular weight excluding hydrogens is 332 g/mol. The first-order valence-electron chi connectivity index (χ1n) is 9.67. The molecule has 2 unspecified atom stereocenters. The van der Waals surface area contributed by atoms with Gasteiger partial charge >= 0.3 is 0 Å². The van der Waals surface area contributed by atoms with E-state index in [1.807, 2.05) is 11.3 Å². The van der Waals surface area contributed by atoms with Gasteiger partial charge in [0.25, 0.3) is 0 Å². The van der Waals surface area contributed by atoms with E-state index in [9.17, 15) is 0 Å². The highest BCUT2D eigenvalue weighted by Crippen LogP contribution is 2.31. The molecule has 25 heavy (non-hydrogen) atoms. The predicted molar refractivity (Wildman–Crippen MR) is 105 cm³/mol. The molecule has 1 saturated carbocycles. The highest BCUT2D eigenvalue weighted by atomic mass is 32.1. The van der Waals surface area contributed by atoms with Gasteiger partial charge in [-0.15, -0.1) is 11.3 Å².